The summed E-state index contributed by atoms with van der Waals surface area (Å²) in [5, 5.41) is 3.76. The lowest BCUT2D eigenvalue weighted by Crippen LogP contribution is -2.13. The molecule has 0 saturated heterocycles. The Hall–Kier alpha value is -1.45. The van der Waals surface area contributed by atoms with Crippen LogP contribution in [0.4, 0.5) is 5.69 Å². The van der Waals surface area contributed by atoms with Crippen LogP contribution in [0.3, 0.4) is 0 Å². The van der Waals surface area contributed by atoms with Gasteiger partial charge in [-0.05, 0) is 41.4 Å². The fourth-order valence-electron chi connectivity index (χ4n) is 1.72. The predicted octanol–water partition coefficient (Wildman–Crippen LogP) is 3.29. The van der Waals surface area contributed by atoms with Crippen molar-refractivity contribution in [1.29, 1.82) is 0 Å². The molecule has 0 unspecified atom stereocenters. The summed E-state index contributed by atoms with van der Waals surface area (Å²) < 4.78 is 5.28. The molecule has 3 nitrogen and oxygen atoms in total. The summed E-state index contributed by atoms with van der Waals surface area (Å²) in [6, 6.07) is 12.1. The van der Waals surface area contributed by atoms with Crippen molar-refractivity contribution in [1.82, 2.24) is 5.32 Å². The topological polar surface area (TPSA) is 28.4 Å². The molecule has 96 valence electrons. The van der Waals surface area contributed by atoms with Gasteiger partial charge in [-0.2, -0.15) is 0 Å². The van der Waals surface area contributed by atoms with Crippen molar-refractivity contribution in [2.24, 2.45) is 0 Å². The van der Waals surface area contributed by atoms with Crippen LogP contribution in [-0.4, -0.2) is 14.1 Å². The van der Waals surface area contributed by atoms with E-state index in [1.54, 1.807) is 6.07 Å². The summed E-state index contributed by atoms with van der Waals surface area (Å²) >= 11 is 5.71. The first-order chi connectivity index (χ1) is 8.65. The summed E-state index contributed by atoms with van der Waals surface area (Å²) in [5.74, 6) is 0.851. The second kappa shape index (κ2) is 5.94. The highest BCUT2D eigenvalue weighted by Crippen LogP contribution is 2.14. The maximum absolute atomic E-state index is 5.71. The Morgan fingerprint density at radius 2 is 2.00 bits per heavy atom. The highest BCUT2D eigenvalue weighted by atomic mass is 35.5. The number of halogens is 1. The van der Waals surface area contributed by atoms with Crippen LogP contribution in [0, 0.1) is 0 Å². The van der Waals surface area contributed by atoms with Crippen LogP contribution in [0.2, 0.25) is 5.22 Å². The third kappa shape index (κ3) is 3.52. The Morgan fingerprint density at radius 1 is 1.17 bits per heavy atom. The van der Waals surface area contributed by atoms with E-state index in [4.69, 9.17) is 16.0 Å². The van der Waals surface area contributed by atoms with Gasteiger partial charge in [0, 0.05) is 26.3 Å². The summed E-state index contributed by atoms with van der Waals surface area (Å²) in [6.07, 6.45) is 0. The van der Waals surface area contributed by atoms with Crippen molar-refractivity contribution in [2.45, 2.75) is 13.1 Å². The summed E-state index contributed by atoms with van der Waals surface area (Å²) in [5.41, 5.74) is 2.45. The maximum atomic E-state index is 5.71. The molecule has 1 heterocycles. The zero-order valence-corrected chi connectivity index (χ0v) is 11.4. The lowest BCUT2D eigenvalue weighted by Gasteiger charge is -2.13. The van der Waals surface area contributed by atoms with Gasteiger partial charge in [0.2, 0.25) is 0 Å². The molecule has 0 aliphatic carbocycles. The Morgan fingerprint density at radius 3 is 2.67 bits per heavy atom. The van der Waals surface area contributed by atoms with Gasteiger partial charge in [0.1, 0.15) is 5.76 Å². The van der Waals surface area contributed by atoms with E-state index >= 15 is 0 Å². The molecule has 1 aromatic carbocycles. The number of benzene rings is 1. The largest absolute Gasteiger partial charge is 0.448 e. The van der Waals surface area contributed by atoms with Gasteiger partial charge in [-0.15, -0.1) is 0 Å². The van der Waals surface area contributed by atoms with Crippen molar-refractivity contribution >= 4 is 17.3 Å². The van der Waals surface area contributed by atoms with E-state index in [0.717, 1.165) is 12.3 Å². The second-order valence-corrected chi connectivity index (χ2v) is 4.75. The van der Waals surface area contributed by atoms with Gasteiger partial charge in [-0.25, -0.2) is 0 Å². The van der Waals surface area contributed by atoms with Gasteiger partial charge >= 0.3 is 0 Å². The molecule has 0 bridgehead atoms. The zero-order valence-electron chi connectivity index (χ0n) is 10.6. The van der Waals surface area contributed by atoms with Crippen molar-refractivity contribution in [2.75, 3.05) is 19.0 Å². The molecule has 18 heavy (non-hydrogen) atoms. The first-order valence-electron chi connectivity index (χ1n) is 5.86. The number of hydrogen-bond donors (Lipinski definition) is 1. The Balaban J connectivity index is 1.88. The van der Waals surface area contributed by atoms with E-state index in [-0.39, 0.29) is 0 Å². The molecule has 0 spiro atoms. The standard InChI is InChI=1S/C14H17ClN2O/c1-17(2)12-5-3-4-11(8-12)9-16-10-13-6-7-14(15)18-13/h3-8,16H,9-10H2,1-2H3. The quantitative estimate of drug-likeness (QED) is 0.898. The summed E-state index contributed by atoms with van der Waals surface area (Å²) in [4.78, 5) is 2.09. The average Bonchev–Trinajstić information content (AvgIpc) is 2.75. The Labute approximate surface area is 112 Å². The average molecular weight is 265 g/mol. The fourth-order valence-corrected chi connectivity index (χ4v) is 1.88. The molecule has 2 aromatic rings. The normalized spacial score (nSPS) is 10.6. The van der Waals surface area contributed by atoms with Gasteiger partial charge in [0.25, 0.3) is 0 Å². The summed E-state index contributed by atoms with van der Waals surface area (Å²) in [6.45, 7) is 1.49. The first-order valence-corrected chi connectivity index (χ1v) is 6.24. The fraction of sp³-hybridized carbons (Fsp3) is 0.286. The third-order valence-corrected chi connectivity index (χ3v) is 2.89. The number of hydrogen-bond acceptors (Lipinski definition) is 3. The molecule has 0 aliphatic rings. The molecule has 0 radical (unpaired) electrons. The van der Waals surface area contributed by atoms with Crippen molar-refractivity contribution in [3.05, 3.63) is 52.9 Å². The number of nitrogens with zero attached hydrogens (tertiary/aromatic N) is 1. The molecule has 0 aliphatic heterocycles. The van der Waals surface area contributed by atoms with E-state index in [0.29, 0.717) is 11.8 Å². The zero-order chi connectivity index (χ0) is 13.0. The molecular formula is C14H17ClN2O. The minimum atomic E-state index is 0.432. The second-order valence-electron chi connectivity index (χ2n) is 4.37. The molecule has 2 rings (SSSR count). The smallest absolute Gasteiger partial charge is 0.193 e. The molecule has 4 heteroatoms. The highest BCUT2D eigenvalue weighted by molar-refractivity contribution is 6.28. The maximum Gasteiger partial charge on any atom is 0.193 e. The lowest BCUT2D eigenvalue weighted by molar-refractivity contribution is 0.484. The van der Waals surface area contributed by atoms with Crippen LogP contribution in [0.5, 0.6) is 0 Å². The predicted molar refractivity (Wildman–Crippen MR) is 75.0 cm³/mol. The van der Waals surface area contributed by atoms with Gasteiger partial charge in [-0.1, -0.05) is 12.1 Å². The van der Waals surface area contributed by atoms with Crippen LogP contribution in [0.1, 0.15) is 11.3 Å². The van der Waals surface area contributed by atoms with E-state index in [1.807, 2.05) is 20.2 Å². The van der Waals surface area contributed by atoms with Crippen LogP contribution in [-0.2, 0) is 13.1 Å². The Bertz CT molecular complexity index is 508. The number of anilines is 1. The monoisotopic (exact) mass is 264 g/mol. The van der Waals surface area contributed by atoms with Gasteiger partial charge < -0.3 is 14.6 Å². The third-order valence-electron chi connectivity index (χ3n) is 2.68. The molecular weight excluding hydrogens is 248 g/mol. The van der Waals surface area contributed by atoms with E-state index in [9.17, 15) is 0 Å². The van der Waals surface area contributed by atoms with Crippen molar-refractivity contribution in [3.63, 3.8) is 0 Å². The minimum Gasteiger partial charge on any atom is -0.448 e. The van der Waals surface area contributed by atoms with Crippen molar-refractivity contribution in [3.8, 4) is 0 Å². The van der Waals surface area contributed by atoms with E-state index in [2.05, 4.69) is 34.5 Å². The molecule has 1 N–H and O–H groups in total. The minimum absolute atomic E-state index is 0.432. The molecule has 0 fully saturated rings. The number of rotatable bonds is 5. The van der Waals surface area contributed by atoms with Gasteiger partial charge in [0.05, 0.1) is 6.54 Å². The molecule has 1 aromatic heterocycles. The van der Waals surface area contributed by atoms with E-state index < -0.39 is 0 Å². The Kier molecular flexibility index (Phi) is 4.28. The number of nitrogens with one attached hydrogen (secondary N) is 1. The van der Waals surface area contributed by atoms with Gasteiger partial charge in [-0.3, -0.25) is 0 Å². The summed E-state index contributed by atoms with van der Waals surface area (Å²) in [7, 11) is 4.08. The van der Waals surface area contributed by atoms with Crippen LogP contribution >= 0.6 is 11.6 Å². The number of furan rings is 1. The molecule has 0 saturated carbocycles. The highest BCUT2D eigenvalue weighted by Gasteiger charge is 2.00. The molecule has 0 atom stereocenters. The first kappa shape index (κ1) is 13.0. The van der Waals surface area contributed by atoms with Crippen molar-refractivity contribution < 1.29 is 4.42 Å². The van der Waals surface area contributed by atoms with Gasteiger partial charge in [0.15, 0.2) is 5.22 Å². The van der Waals surface area contributed by atoms with E-state index in [1.165, 1.54) is 11.3 Å². The SMILES string of the molecule is CN(C)c1cccc(CNCc2ccc(Cl)o2)c1. The lowest BCUT2D eigenvalue weighted by atomic mass is 10.2. The van der Waals surface area contributed by atoms with Crippen LogP contribution in [0.25, 0.3) is 0 Å². The van der Waals surface area contributed by atoms with Crippen LogP contribution in [0.15, 0.2) is 40.8 Å². The van der Waals surface area contributed by atoms with Crippen LogP contribution < -0.4 is 10.2 Å². The molecule has 0 amide bonds.